The van der Waals surface area contributed by atoms with Crippen LogP contribution in [0, 0.1) is 12.3 Å². The Morgan fingerprint density at radius 3 is 2.59 bits per heavy atom. The molecule has 0 atom stereocenters. The van der Waals surface area contributed by atoms with Gasteiger partial charge in [-0.2, -0.15) is 0 Å². The molecule has 0 unspecified atom stereocenters. The summed E-state index contributed by atoms with van der Waals surface area (Å²) in [6.07, 6.45) is 3.09. The van der Waals surface area contributed by atoms with Gasteiger partial charge in [-0.15, -0.1) is 0 Å². The van der Waals surface area contributed by atoms with E-state index in [1.165, 1.54) is 5.56 Å². The normalized spacial score (nSPS) is 15.3. The lowest BCUT2D eigenvalue weighted by molar-refractivity contribution is 0.312. The van der Waals surface area contributed by atoms with Crippen molar-refractivity contribution in [1.82, 2.24) is 15.0 Å². The average molecular weight is 359 g/mol. The van der Waals surface area contributed by atoms with Crippen molar-refractivity contribution < 1.29 is 4.74 Å². The predicted molar refractivity (Wildman–Crippen MR) is 108 cm³/mol. The fourth-order valence-electron chi connectivity index (χ4n) is 3.74. The lowest BCUT2D eigenvalue weighted by atomic mass is 9.75. The Hall–Kier alpha value is -2.75. The van der Waals surface area contributed by atoms with Gasteiger partial charge in [-0.05, 0) is 55.9 Å². The Morgan fingerprint density at radius 2 is 1.81 bits per heavy atom. The van der Waals surface area contributed by atoms with E-state index < -0.39 is 0 Å². The zero-order valence-corrected chi connectivity index (χ0v) is 16.4. The molecule has 0 spiro atoms. The maximum Gasteiger partial charge on any atom is 0.178 e. The lowest BCUT2D eigenvalue weighted by Gasteiger charge is -2.32. The molecule has 0 N–H and O–H groups in total. The molecule has 2 heterocycles. The van der Waals surface area contributed by atoms with Gasteiger partial charge in [-0.3, -0.25) is 0 Å². The topological polar surface area (TPSA) is 47.9 Å². The minimum atomic E-state index is 0.257. The van der Waals surface area contributed by atoms with E-state index in [4.69, 9.17) is 14.7 Å². The van der Waals surface area contributed by atoms with E-state index in [1.54, 1.807) is 7.11 Å². The minimum Gasteiger partial charge on any atom is -0.497 e. The minimum absolute atomic E-state index is 0.257. The first-order valence-electron chi connectivity index (χ1n) is 9.43. The number of fused-ring (bicyclic) bond motifs is 1. The van der Waals surface area contributed by atoms with E-state index in [-0.39, 0.29) is 5.41 Å². The number of aromatic nitrogens is 3. The summed E-state index contributed by atoms with van der Waals surface area (Å²) < 4.78 is 5.44. The molecule has 0 amide bonds. The largest absolute Gasteiger partial charge is 0.497 e. The molecule has 1 aliphatic rings. The van der Waals surface area contributed by atoms with E-state index >= 15 is 0 Å². The second-order valence-electron chi connectivity index (χ2n) is 8.06. The van der Waals surface area contributed by atoms with Crippen LogP contribution in [-0.4, -0.2) is 22.1 Å². The Morgan fingerprint density at radius 1 is 1.00 bits per heavy atom. The summed E-state index contributed by atoms with van der Waals surface area (Å²) in [5.41, 5.74) is 6.54. The highest BCUT2D eigenvalue weighted by Gasteiger charge is 2.30. The Labute approximate surface area is 160 Å². The van der Waals surface area contributed by atoms with Gasteiger partial charge in [0.15, 0.2) is 5.82 Å². The highest BCUT2D eigenvalue weighted by Crippen LogP contribution is 2.39. The van der Waals surface area contributed by atoms with Crippen molar-refractivity contribution in [3.63, 3.8) is 0 Å². The standard InChI is InChI=1S/C23H25N3O/c1-15-7-5-10-20(24-15)22-25-19-11-12-23(2,3)14-18(19)21(26-22)16-8-6-9-17(13-16)27-4/h5-10,13H,11-12,14H2,1-4H3. The molecule has 4 heteroatoms. The predicted octanol–water partition coefficient (Wildman–Crippen LogP) is 5.04. The third-order valence-corrected chi connectivity index (χ3v) is 5.25. The molecule has 3 aromatic rings. The van der Waals surface area contributed by atoms with Crippen molar-refractivity contribution in [2.45, 2.75) is 40.0 Å². The van der Waals surface area contributed by atoms with Crippen LogP contribution in [0.4, 0.5) is 0 Å². The van der Waals surface area contributed by atoms with Gasteiger partial charge in [0.05, 0.1) is 12.8 Å². The first-order valence-corrected chi connectivity index (χ1v) is 9.43. The summed E-state index contributed by atoms with van der Waals surface area (Å²) in [6.45, 7) is 6.63. The maximum atomic E-state index is 5.44. The molecule has 0 aliphatic heterocycles. The number of aryl methyl sites for hydroxylation is 2. The van der Waals surface area contributed by atoms with Crippen molar-refractivity contribution in [3.05, 3.63) is 59.4 Å². The summed E-state index contributed by atoms with van der Waals surface area (Å²) in [5.74, 6) is 1.54. The number of pyridine rings is 1. The molecular formula is C23H25N3O. The molecule has 1 aromatic carbocycles. The highest BCUT2D eigenvalue weighted by atomic mass is 16.5. The van der Waals surface area contributed by atoms with E-state index in [1.807, 2.05) is 37.3 Å². The van der Waals surface area contributed by atoms with Crippen molar-refractivity contribution in [2.24, 2.45) is 5.41 Å². The number of hydrogen-bond donors (Lipinski definition) is 0. The average Bonchev–Trinajstić information content (AvgIpc) is 2.66. The van der Waals surface area contributed by atoms with Gasteiger partial charge in [-0.1, -0.05) is 32.0 Å². The van der Waals surface area contributed by atoms with Gasteiger partial charge in [0, 0.05) is 22.5 Å². The summed E-state index contributed by atoms with van der Waals surface area (Å²) in [6, 6.07) is 14.1. The second kappa shape index (κ2) is 6.76. The fraction of sp³-hybridized carbons (Fsp3) is 0.348. The molecule has 138 valence electrons. The monoisotopic (exact) mass is 359 g/mol. The molecule has 0 saturated carbocycles. The van der Waals surface area contributed by atoms with E-state index in [2.05, 4.69) is 31.0 Å². The summed E-state index contributed by atoms with van der Waals surface area (Å²) in [4.78, 5) is 14.5. The molecule has 2 aromatic heterocycles. The fourth-order valence-corrected chi connectivity index (χ4v) is 3.74. The summed E-state index contributed by atoms with van der Waals surface area (Å²) in [7, 11) is 1.69. The first-order chi connectivity index (χ1) is 12.9. The van der Waals surface area contributed by atoms with E-state index in [0.717, 1.165) is 53.4 Å². The lowest BCUT2D eigenvalue weighted by Crippen LogP contribution is -2.24. The Balaban J connectivity index is 1.92. The molecule has 4 nitrogen and oxygen atoms in total. The van der Waals surface area contributed by atoms with Crippen LogP contribution in [0.25, 0.3) is 22.8 Å². The quantitative estimate of drug-likeness (QED) is 0.657. The van der Waals surface area contributed by atoms with Gasteiger partial charge in [0.2, 0.25) is 0 Å². The van der Waals surface area contributed by atoms with Gasteiger partial charge in [0.1, 0.15) is 11.4 Å². The molecule has 1 aliphatic carbocycles. The Bertz CT molecular complexity index is 995. The van der Waals surface area contributed by atoms with Crippen LogP contribution in [0.5, 0.6) is 5.75 Å². The second-order valence-corrected chi connectivity index (χ2v) is 8.06. The van der Waals surface area contributed by atoms with Crippen LogP contribution in [0.15, 0.2) is 42.5 Å². The first kappa shape index (κ1) is 17.7. The van der Waals surface area contributed by atoms with Gasteiger partial charge < -0.3 is 4.74 Å². The number of ether oxygens (including phenoxy) is 1. The third-order valence-electron chi connectivity index (χ3n) is 5.25. The number of nitrogens with zero attached hydrogens (tertiary/aromatic N) is 3. The SMILES string of the molecule is COc1cccc(-c2nc(-c3cccc(C)n3)nc3c2CC(C)(C)CC3)c1. The van der Waals surface area contributed by atoms with Crippen LogP contribution in [0.2, 0.25) is 0 Å². The van der Waals surface area contributed by atoms with E-state index in [9.17, 15) is 0 Å². The van der Waals surface area contributed by atoms with E-state index in [0.29, 0.717) is 5.82 Å². The van der Waals surface area contributed by atoms with Crippen molar-refractivity contribution in [1.29, 1.82) is 0 Å². The summed E-state index contributed by atoms with van der Waals surface area (Å²) in [5, 5.41) is 0. The van der Waals surface area contributed by atoms with Crippen molar-refractivity contribution in [3.8, 4) is 28.5 Å². The van der Waals surface area contributed by atoms with Crippen LogP contribution >= 0.6 is 0 Å². The summed E-state index contributed by atoms with van der Waals surface area (Å²) >= 11 is 0. The van der Waals surface area contributed by atoms with Gasteiger partial charge >= 0.3 is 0 Å². The molecule has 4 rings (SSSR count). The van der Waals surface area contributed by atoms with Crippen LogP contribution < -0.4 is 4.74 Å². The maximum absolute atomic E-state index is 5.44. The Kier molecular flexibility index (Phi) is 4.42. The van der Waals surface area contributed by atoms with Gasteiger partial charge in [-0.25, -0.2) is 15.0 Å². The smallest absolute Gasteiger partial charge is 0.178 e. The molecule has 27 heavy (non-hydrogen) atoms. The number of hydrogen-bond acceptors (Lipinski definition) is 4. The van der Waals surface area contributed by atoms with Gasteiger partial charge in [0.25, 0.3) is 0 Å². The van der Waals surface area contributed by atoms with Crippen LogP contribution in [-0.2, 0) is 12.8 Å². The molecule has 0 radical (unpaired) electrons. The number of benzene rings is 1. The molecular weight excluding hydrogens is 334 g/mol. The van der Waals surface area contributed by atoms with Crippen molar-refractivity contribution in [2.75, 3.05) is 7.11 Å². The third kappa shape index (κ3) is 3.57. The number of rotatable bonds is 3. The molecule has 0 fully saturated rings. The zero-order valence-electron chi connectivity index (χ0n) is 16.4. The molecule has 0 bridgehead atoms. The number of methoxy groups -OCH3 is 1. The van der Waals surface area contributed by atoms with Crippen molar-refractivity contribution >= 4 is 0 Å². The zero-order chi connectivity index (χ0) is 19.0. The highest BCUT2D eigenvalue weighted by molar-refractivity contribution is 5.68. The van der Waals surface area contributed by atoms with Crippen LogP contribution in [0.3, 0.4) is 0 Å². The molecule has 0 saturated heterocycles. The van der Waals surface area contributed by atoms with Crippen LogP contribution in [0.1, 0.15) is 37.2 Å².